The maximum absolute atomic E-state index is 10.5. The average molecular weight is 477 g/mol. The molecule has 5 aliphatic rings. The van der Waals surface area contributed by atoms with Crippen LogP contribution in [0.5, 0.6) is 0 Å². The van der Waals surface area contributed by atoms with Crippen LogP contribution < -0.4 is 0 Å². The maximum Gasteiger partial charge on any atom is 0.0599 e. The smallest absolute Gasteiger partial charge is 0.0599 e. The first-order valence-electron chi connectivity index (χ1n) is 14.0. The van der Waals surface area contributed by atoms with Crippen molar-refractivity contribution in [3.63, 3.8) is 0 Å². The second-order valence-corrected chi connectivity index (χ2v) is 15.6. The van der Waals surface area contributed by atoms with E-state index in [1.54, 1.807) is 5.57 Å². The third-order valence-electron chi connectivity index (χ3n) is 10.9. The Balaban J connectivity index is 1.38. The lowest BCUT2D eigenvalue weighted by Gasteiger charge is -2.60. The first kappa shape index (κ1) is 24.1. The summed E-state index contributed by atoms with van der Waals surface area (Å²) in [5.41, 5.74) is 2.66. The fraction of sp³-hybridized carbons (Fsp3) is 0.931. The van der Waals surface area contributed by atoms with Crippen LogP contribution in [0.25, 0.3) is 0 Å². The first-order chi connectivity index (χ1) is 15.4. The summed E-state index contributed by atoms with van der Waals surface area (Å²) in [5, 5.41) is 10.5. The van der Waals surface area contributed by atoms with E-state index in [2.05, 4.69) is 57.3 Å². The molecule has 0 radical (unpaired) electrons. The summed E-state index contributed by atoms with van der Waals surface area (Å²) in [6.07, 6.45) is 17.3. The standard InChI is InChI=1S/C29H48OS2/c1-19(2)6-5-7-20(3)24-10-11-25-23-9-8-21-18-22(30)12-15-29(21,27-31-16-17-32-27)26(23)13-14-28(24,25)4/h8,19-20,22-27,30H,5-7,9-18H2,1-4H3/t20-,22+,23+,24-,25+,26+,28-,29-/m1/s1. The summed E-state index contributed by atoms with van der Waals surface area (Å²) in [4.78, 5) is 0. The highest BCUT2D eigenvalue weighted by Crippen LogP contribution is 2.70. The van der Waals surface area contributed by atoms with E-state index in [9.17, 15) is 5.11 Å². The van der Waals surface area contributed by atoms with E-state index < -0.39 is 0 Å². The lowest BCUT2D eigenvalue weighted by molar-refractivity contribution is -0.0579. The Morgan fingerprint density at radius 2 is 1.78 bits per heavy atom. The first-order valence-corrected chi connectivity index (χ1v) is 16.1. The van der Waals surface area contributed by atoms with Crippen LogP contribution in [0.4, 0.5) is 0 Å². The summed E-state index contributed by atoms with van der Waals surface area (Å²) in [6.45, 7) is 10.1. The molecule has 0 unspecified atom stereocenters. The molecule has 0 aromatic heterocycles. The predicted octanol–water partition coefficient (Wildman–Crippen LogP) is 8.17. The largest absolute Gasteiger partial charge is 0.393 e. The van der Waals surface area contributed by atoms with Crippen LogP contribution in [-0.2, 0) is 0 Å². The summed E-state index contributed by atoms with van der Waals surface area (Å²) >= 11 is 4.53. The molecule has 1 aliphatic heterocycles. The van der Waals surface area contributed by atoms with Gasteiger partial charge < -0.3 is 5.11 Å². The van der Waals surface area contributed by atoms with Gasteiger partial charge in [0.05, 0.1) is 10.7 Å². The van der Waals surface area contributed by atoms with Crippen LogP contribution in [0.3, 0.4) is 0 Å². The third kappa shape index (κ3) is 3.97. The Labute approximate surface area is 206 Å². The maximum atomic E-state index is 10.5. The van der Waals surface area contributed by atoms with E-state index in [1.165, 1.54) is 69.3 Å². The molecule has 1 nitrogen and oxygen atoms in total. The zero-order chi connectivity index (χ0) is 22.5. The number of thioether (sulfide) groups is 2. The molecular weight excluding hydrogens is 428 g/mol. The van der Waals surface area contributed by atoms with Crippen molar-refractivity contribution in [3.05, 3.63) is 11.6 Å². The Hall–Kier alpha value is 0.400. The third-order valence-corrected chi connectivity index (χ3v) is 14.3. The minimum absolute atomic E-state index is 0.0845. The minimum Gasteiger partial charge on any atom is -0.393 e. The Kier molecular flexibility index (Phi) is 7.12. The zero-order valence-corrected chi connectivity index (χ0v) is 22.8. The van der Waals surface area contributed by atoms with Gasteiger partial charge in [-0.15, -0.1) is 23.5 Å². The number of aliphatic hydroxyl groups excluding tert-OH is 1. The van der Waals surface area contributed by atoms with E-state index >= 15 is 0 Å². The molecule has 0 bridgehead atoms. The lowest BCUT2D eigenvalue weighted by Crippen LogP contribution is -2.54. The Morgan fingerprint density at radius 1 is 1.00 bits per heavy atom. The number of aliphatic hydroxyl groups is 1. The van der Waals surface area contributed by atoms with Gasteiger partial charge in [-0.1, -0.05) is 58.6 Å². The van der Waals surface area contributed by atoms with Crippen molar-refractivity contribution in [1.29, 1.82) is 0 Å². The quantitative estimate of drug-likeness (QED) is 0.390. The normalized spacial score (nSPS) is 45.3. The van der Waals surface area contributed by atoms with Crippen molar-refractivity contribution in [2.45, 2.75) is 109 Å². The highest BCUT2D eigenvalue weighted by atomic mass is 32.2. The molecule has 1 N–H and O–H groups in total. The molecule has 3 saturated carbocycles. The molecule has 0 spiro atoms. The van der Waals surface area contributed by atoms with Crippen LogP contribution in [-0.4, -0.2) is 27.3 Å². The molecule has 32 heavy (non-hydrogen) atoms. The van der Waals surface area contributed by atoms with Gasteiger partial charge in [-0.25, -0.2) is 0 Å². The lowest BCUT2D eigenvalue weighted by atomic mass is 9.46. The molecule has 0 amide bonds. The van der Waals surface area contributed by atoms with Gasteiger partial charge in [0.25, 0.3) is 0 Å². The molecule has 8 atom stereocenters. The monoisotopic (exact) mass is 476 g/mol. The second-order valence-electron chi connectivity index (χ2n) is 12.9. The number of rotatable bonds is 6. The summed E-state index contributed by atoms with van der Waals surface area (Å²) in [5.74, 6) is 8.10. The van der Waals surface area contributed by atoms with Gasteiger partial charge >= 0.3 is 0 Å². The van der Waals surface area contributed by atoms with Crippen molar-refractivity contribution >= 4 is 23.5 Å². The molecule has 182 valence electrons. The SMILES string of the molecule is CC(C)CCC[C@@H](C)[C@H]1CC[C@H]2[C@@H]3CC=C4C[C@@H](O)CC[C@]4(C4SCCS4)[C@H]3CC[C@]12C. The molecule has 4 aliphatic carbocycles. The van der Waals surface area contributed by atoms with E-state index in [-0.39, 0.29) is 6.10 Å². The van der Waals surface area contributed by atoms with Crippen LogP contribution in [0, 0.1) is 46.3 Å². The van der Waals surface area contributed by atoms with Crippen molar-refractivity contribution in [2.24, 2.45) is 46.3 Å². The number of hydrogen-bond acceptors (Lipinski definition) is 3. The van der Waals surface area contributed by atoms with Crippen molar-refractivity contribution in [1.82, 2.24) is 0 Å². The van der Waals surface area contributed by atoms with Gasteiger partial charge in [-0.05, 0) is 92.3 Å². The van der Waals surface area contributed by atoms with Gasteiger partial charge in [-0.3, -0.25) is 0 Å². The van der Waals surface area contributed by atoms with Gasteiger partial charge in [-0.2, -0.15) is 0 Å². The minimum atomic E-state index is -0.0845. The summed E-state index contributed by atoms with van der Waals surface area (Å²) in [6, 6.07) is 0. The fourth-order valence-corrected chi connectivity index (χ4v) is 13.1. The van der Waals surface area contributed by atoms with Crippen LogP contribution in [0.15, 0.2) is 11.6 Å². The number of allylic oxidation sites excluding steroid dienone is 1. The summed E-state index contributed by atoms with van der Waals surface area (Å²) < 4.78 is 0.755. The molecule has 0 aromatic carbocycles. The molecule has 4 fully saturated rings. The molecule has 1 heterocycles. The van der Waals surface area contributed by atoms with E-state index in [0.717, 1.165) is 52.9 Å². The number of hydrogen-bond donors (Lipinski definition) is 1. The zero-order valence-electron chi connectivity index (χ0n) is 21.2. The Bertz CT molecular complexity index is 697. The summed E-state index contributed by atoms with van der Waals surface area (Å²) in [7, 11) is 0. The average Bonchev–Trinajstić information content (AvgIpc) is 3.41. The van der Waals surface area contributed by atoms with E-state index in [0.29, 0.717) is 10.8 Å². The molecule has 3 heteroatoms. The van der Waals surface area contributed by atoms with Gasteiger partial charge in [0.15, 0.2) is 0 Å². The number of fused-ring (bicyclic) bond motifs is 5. The highest BCUT2D eigenvalue weighted by Gasteiger charge is 2.62. The van der Waals surface area contributed by atoms with Crippen LogP contribution >= 0.6 is 23.5 Å². The molecule has 1 saturated heterocycles. The van der Waals surface area contributed by atoms with Crippen LogP contribution in [0.1, 0.15) is 98.3 Å². The van der Waals surface area contributed by atoms with Gasteiger partial charge in [0.1, 0.15) is 0 Å². The van der Waals surface area contributed by atoms with E-state index in [4.69, 9.17) is 0 Å². The second kappa shape index (κ2) is 9.45. The molecule has 0 aromatic rings. The fourth-order valence-electron chi connectivity index (χ4n) is 9.47. The topological polar surface area (TPSA) is 20.2 Å². The van der Waals surface area contributed by atoms with Gasteiger partial charge in [0, 0.05) is 16.9 Å². The van der Waals surface area contributed by atoms with Crippen molar-refractivity contribution < 1.29 is 5.11 Å². The van der Waals surface area contributed by atoms with Crippen molar-refractivity contribution in [2.75, 3.05) is 11.5 Å². The van der Waals surface area contributed by atoms with Crippen LogP contribution in [0.2, 0.25) is 0 Å². The van der Waals surface area contributed by atoms with Crippen molar-refractivity contribution in [3.8, 4) is 0 Å². The highest BCUT2D eigenvalue weighted by molar-refractivity contribution is 8.20. The molecule has 5 rings (SSSR count). The predicted molar refractivity (Wildman–Crippen MR) is 142 cm³/mol. The van der Waals surface area contributed by atoms with E-state index in [1.807, 2.05) is 0 Å². The molecular formula is C29H48OS2. The Morgan fingerprint density at radius 3 is 2.53 bits per heavy atom. The van der Waals surface area contributed by atoms with Gasteiger partial charge in [0.2, 0.25) is 0 Å².